The van der Waals surface area contributed by atoms with Gasteiger partial charge in [-0.1, -0.05) is 23.2 Å². The molecular weight excluding hydrogens is 346 g/mol. The molecule has 0 aromatic heterocycles. The van der Waals surface area contributed by atoms with E-state index in [0.717, 1.165) is 6.07 Å². The lowest BCUT2D eigenvalue weighted by Crippen LogP contribution is -2.20. The molecule has 0 spiro atoms. The van der Waals surface area contributed by atoms with Crippen LogP contribution in [0, 0.1) is 17.1 Å². The maximum absolute atomic E-state index is 13.8. The van der Waals surface area contributed by atoms with Crippen LogP contribution in [-0.4, -0.2) is 37.4 Å². The fourth-order valence-corrected chi connectivity index (χ4v) is 2.20. The Bertz CT molecular complexity index is 724. The Morgan fingerprint density at radius 3 is 2.48 bits per heavy atom. The Labute approximate surface area is 142 Å². The van der Waals surface area contributed by atoms with Gasteiger partial charge in [-0.2, -0.15) is 5.26 Å². The van der Waals surface area contributed by atoms with E-state index in [4.69, 9.17) is 33.2 Å². The predicted octanol–water partition coefficient (Wildman–Crippen LogP) is 3.20. The van der Waals surface area contributed by atoms with Crippen molar-refractivity contribution in [3.05, 3.63) is 44.8 Å². The van der Waals surface area contributed by atoms with Crippen LogP contribution >= 0.6 is 23.2 Å². The van der Waals surface area contributed by atoms with Crippen LogP contribution < -0.4 is 0 Å². The van der Waals surface area contributed by atoms with Crippen LogP contribution in [0.2, 0.25) is 10.0 Å². The largest absolute Gasteiger partial charge is 0.462 e. The minimum absolute atomic E-state index is 0.0586. The highest BCUT2D eigenvalue weighted by Gasteiger charge is 2.27. The van der Waals surface area contributed by atoms with Crippen molar-refractivity contribution in [2.24, 2.45) is 0 Å². The van der Waals surface area contributed by atoms with Crippen LogP contribution in [0.3, 0.4) is 0 Å². The SMILES string of the molecule is CCOC(=O)/C(=C\N(C)C)C(=O)c1cc(F)c(Cl)c(C#N)c1Cl. The van der Waals surface area contributed by atoms with E-state index < -0.39 is 22.6 Å². The first kappa shape index (κ1) is 18.9. The van der Waals surface area contributed by atoms with Crippen molar-refractivity contribution in [2.75, 3.05) is 20.7 Å². The number of hydrogen-bond acceptors (Lipinski definition) is 5. The Balaban J connectivity index is 3.50. The molecule has 0 radical (unpaired) electrons. The van der Waals surface area contributed by atoms with Gasteiger partial charge in [-0.15, -0.1) is 0 Å². The van der Waals surface area contributed by atoms with Gasteiger partial charge in [0.1, 0.15) is 17.5 Å². The Kier molecular flexibility index (Phi) is 6.55. The van der Waals surface area contributed by atoms with E-state index >= 15 is 0 Å². The first-order chi connectivity index (χ1) is 10.7. The summed E-state index contributed by atoms with van der Waals surface area (Å²) in [6.45, 7) is 1.64. The third kappa shape index (κ3) is 4.21. The van der Waals surface area contributed by atoms with Gasteiger partial charge in [0.05, 0.1) is 22.2 Å². The second-order valence-electron chi connectivity index (χ2n) is 4.58. The van der Waals surface area contributed by atoms with Gasteiger partial charge in [0, 0.05) is 25.9 Å². The molecule has 0 fully saturated rings. The molecule has 0 heterocycles. The Hall–Kier alpha value is -2.10. The minimum Gasteiger partial charge on any atom is -0.462 e. The Morgan fingerprint density at radius 2 is 2.00 bits per heavy atom. The second-order valence-corrected chi connectivity index (χ2v) is 5.33. The van der Waals surface area contributed by atoms with E-state index in [1.807, 2.05) is 0 Å². The number of nitrogens with zero attached hydrogens (tertiary/aromatic N) is 2. The molecule has 122 valence electrons. The van der Waals surface area contributed by atoms with Gasteiger partial charge in [0.25, 0.3) is 0 Å². The van der Waals surface area contributed by atoms with Gasteiger partial charge in [-0.05, 0) is 13.0 Å². The number of ether oxygens (including phenoxy) is 1. The van der Waals surface area contributed by atoms with Crippen LogP contribution in [0.4, 0.5) is 4.39 Å². The monoisotopic (exact) mass is 358 g/mol. The van der Waals surface area contributed by atoms with Crippen molar-refractivity contribution < 1.29 is 18.7 Å². The summed E-state index contributed by atoms with van der Waals surface area (Å²) in [6.07, 6.45) is 1.23. The molecule has 0 aliphatic heterocycles. The quantitative estimate of drug-likeness (QED) is 0.202. The molecule has 0 N–H and O–H groups in total. The van der Waals surface area contributed by atoms with Crippen molar-refractivity contribution in [1.29, 1.82) is 5.26 Å². The molecule has 0 saturated carbocycles. The van der Waals surface area contributed by atoms with E-state index in [1.54, 1.807) is 27.1 Å². The smallest absolute Gasteiger partial charge is 0.343 e. The molecule has 1 aromatic rings. The number of nitriles is 1. The number of rotatable bonds is 5. The predicted molar refractivity (Wildman–Crippen MR) is 83.9 cm³/mol. The number of esters is 1. The van der Waals surface area contributed by atoms with Gasteiger partial charge in [-0.25, -0.2) is 9.18 Å². The van der Waals surface area contributed by atoms with Gasteiger partial charge < -0.3 is 9.64 Å². The summed E-state index contributed by atoms with van der Waals surface area (Å²) in [5, 5.41) is 8.19. The zero-order valence-electron chi connectivity index (χ0n) is 12.6. The zero-order valence-corrected chi connectivity index (χ0v) is 14.1. The molecule has 1 rings (SSSR count). The summed E-state index contributed by atoms with van der Waals surface area (Å²) in [5.41, 5.74) is -1.06. The molecule has 23 heavy (non-hydrogen) atoms. The average Bonchev–Trinajstić information content (AvgIpc) is 2.48. The van der Waals surface area contributed by atoms with Crippen LogP contribution in [-0.2, 0) is 9.53 Å². The highest BCUT2D eigenvalue weighted by molar-refractivity contribution is 6.40. The van der Waals surface area contributed by atoms with Crippen molar-refractivity contribution >= 4 is 35.0 Å². The number of hydrogen-bond donors (Lipinski definition) is 0. The number of ketones is 1. The highest BCUT2D eigenvalue weighted by Crippen LogP contribution is 2.31. The van der Waals surface area contributed by atoms with Gasteiger partial charge in [0.15, 0.2) is 0 Å². The maximum Gasteiger partial charge on any atom is 0.343 e. The summed E-state index contributed by atoms with van der Waals surface area (Å²) in [6, 6.07) is 2.42. The molecule has 0 bridgehead atoms. The average molecular weight is 359 g/mol. The third-order valence-electron chi connectivity index (χ3n) is 2.64. The fourth-order valence-electron chi connectivity index (χ4n) is 1.68. The third-order valence-corrected chi connectivity index (χ3v) is 3.40. The van der Waals surface area contributed by atoms with Crippen LogP contribution in [0.1, 0.15) is 22.8 Å². The molecule has 0 atom stereocenters. The molecule has 0 amide bonds. The van der Waals surface area contributed by atoms with Gasteiger partial charge >= 0.3 is 5.97 Å². The topological polar surface area (TPSA) is 70.4 Å². The summed E-state index contributed by atoms with van der Waals surface area (Å²) in [7, 11) is 3.19. The summed E-state index contributed by atoms with van der Waals surface area (Å²) >= 11 is 11.6. The number of carbonyl (C=O) groups is 2. The summed E-state index contributed by atoms with van der Waals surface area (Å²) in [4.78, 5) is 25.9. The lowest BCUT2D eigenvalue weighted by atomic mass is 10.0. The fraction of sp³-hybridized carbons (Fsp3) is 0.267. The van der Waals surface area contributed by atoms with E-state index in [9.17, 15) is 14.0 Å². The van der Waals surface area contributed by atoms with Crippen molar-refractivity contribution in [1.82, 2.24) is 4.90 Å². The van der Waals surface area contributed by atoms with E-state index in [0.29, 0.717) is 0 Å². The van der Waals surface area contributed by atoms with Crippen molar-refractivity contribution in [2.45, 2.75) is 6.92 Å². The molecule has 0 aliphatic rings. The van der Waals surface area contributed by atoms with Crippen LogP contribution in [0.5, 0.6) is 0 Å². The first-order valence-corrected chi connectivity index (χ1v) is 7.17. The molecule has 0 saturated heterocycles. The van der Waals surface area contributed by atoms with Crippen LogP contribution in [0.25, 0.3) is 0 Å². The molecule has 1 aromatic carbocycles. The number of carbonyl (C=O) groups excluding carboxylic acids is 2. The van der Waals surface area contributed by atoms with Gasteiger partial charge in [-0.3, -0.25) is 4.79 Å². The van der Waals surface area contributed by atoms with E-state index in [1.165, 1.54) is 11.1 Å². The van der Waals surface area contributed by atoms with Crippen LogP contribution in [0.15, 0.2) is 17.8 Å². The maximum atomic E-state index is 13.8. The number of Topliss-reactive ketones (excluding diaryl/α,β-unsaturated/α-hetero) is 1. The van der Waals surface area contributed by atoms with Gasteiger partial charge in [0.2, 0.25) is 5.78 Å². The Morgan fingerprint density at radius 1 is 1.39 bits per heavy atom. The van der Waals surface area contributed by atoms with E-state index in [-0.39, 0.29) is 28.3 Å². The summed E-state index contributed by atoms with van der Waals surface area (Å²) in [5.74, 6) is -2.73. The van der Waals surface area contributed by atoms with Crippen molar-refractivity contribution in [3.8, 4) is 6.07 Å². The number of halogens is 3. The normalized spacial score (nSPS) is 10.9. The lowest BCUT2D eigenvalue weighted by Gasteiger charge is -2.12. The molecule has 5 nitrogen and oxygen atoms in total. The molecular formula is C15H13Cl2FN2O3. The molecule has 0 aliphatic carbocycles. The second kappa shape index (κ2) is 7.95. The molecule has 0 unspecified atom stereocenters. The lowest BCUT2D eigenvalue weighted by molar-refractivity contribution is -0.138. The zero-order chi connectivity index (χ0) is 17.7. The number of benzene rings is 1. The van der Waals surface area contributed by atoms with E-state index in [2.05, 4.69) is 0 Å². The minimum atomic E-state index is -0.982. The first-order valence-electron chi connectivity index (χ1n) is 6.42. The molecule has 8 heteroatoms. The summed E-state index contributed by atoms with van der Waals surface area (Å²) < 4.78 is 18.6. The standard InChI is InChI=1S/C15H13Cl2FN2O3/c1-4-23-15(22)10(7-20(2)3)14(21)8-5-11(18)13(17)9(6-19)12(8)16/h5,7H,4H2,1-3H3/b10-7-. The van der Waals surface area contributed by atoms with Crippen molar-refractivity contribution in [3.63, 3.8) is 0 Å². The highest BCUT2D eigenvalue weighted by atomic mass is 35.5.